The second kappa shape index (κ2) is 5.02. The van der Waals surface area contributed by atoms with Crippen molar-refractivity contribution in [2.75, 3.05) is 0 Å². The summed E-state index contributed by atoms with van der Waals surface area (Å²) in [7, 11) is 0. The number of carbonyl (C=O) groups is 2. The van der Waals surface area contributed by atoms with Crippen molar-refractivity contribution in [2.24, 2.45) is 23.7 Å². The van der Waals surface area contributed by atoms with Crippen LogP contribution < -0.4 is 5.32 Å². The van der Waals surface area contributed by atoms with Crippen LogP contribution in [0.5, 0.6) is 0 Å². The number of carbonyl (C=O) groups excluding carboxylic acids is 1. The number of allylic oxidation sites excluding steroid dienone is 2. The first kappa shape index (κ1) is 13.9. The van der Waals surface area contributed by atoms with Crippen LogP contribution in [-0.4, -0.2) is 22.0 Å². The van der Waals surface area contributed by atoms with Crippen molar-refractivity contribution in [3.8, 4) is 0 Å². The van der Waals surface area contributed by atoms with E-state index in [4.69, 9.17) is 4.42 Å². The van der Waals surface area contributed by atoms with Gasteiger partial charge in [-0.15, -0.1) is 0 Å². The fourth-order valence-electron chi connectivity index (χ4n) is 3.46. The van der Waals surface area contributed by atoms with Gasteiger partial charge in [-0.25, -0.2) is 4.98 Å². The number of aryl methyl sites for hydroxylation is 1. The SMILES string of the molecule is Cc1cnc(C(C)NC(=O)[C@H]2C3C=CC(C3)[C@H]2C(=O)O)o1. The summed E-state index contributed by atoms with van der Waals surface area (Å²) in [5, 5.41) is 12.2. The Bertz CT molecular complexity index is 607. The van der Waals surface area contributed by atoms with Gasteiger partial charge >= 0.3 is 5.97 Å². The van der Waals surface area contributed by atoms with Crippen molar-refractivity contribution in [1.29, 1.82) is 0 Å². The first-order valence-corrected chi connectivity index (χ1v) is 7.11. The molecule has 2 bridgehead atoms. The lowest BCUT2D eigenvalue weighted by molar-refractivity contribution is -0.148. The molecule has 1 saturated carbocycles. The van der Waals surface area contributed by atoms with Gasteiger partial charge in [0.05, 0.1) is 18.0 Å². The highest BCUT2D eigenvalue weighted by Crippen LogP contribution is 2.48. The summed E-state index contributed by atoms with van der Waals surface area (Å²) in [6.07, 6.45) is 6.24. The van der Waals surface area contributed by atoms with Gasteiger partial charge in [-0.05, 0) is 32.1 Å². The standard InChI is InChI=1S/C15H18N2O4/c1-7-6-16-14(21-7)8(2)17-13(18)11-9-3-4-10(5-9)12(11)15(19)20/h3-4,6,8-12H,5H2,1-2H3,(H,17,18)(H,19,20)/t8?,9?,10?,11-,12+/m0/s1. The minimum absolute atomic E-state index is 0.0228. The maximum absolute atomic E-state index is 12.5. The molecule has 2 aliphatic rings. The summed E-state index contributed by atoms with van der Waals surface area (Å²) in [6.45, 7) is 3.56. The molecule has 3 unspecified atom stereocenters. The average Bonchev–Trinajstić information content (AvgIpc) is 3.12. The molecule has 1 fully saturated rings. The van der Waals surface area contributed by atoms with Crippen LogP contribution in [0.1, 0.15) is 31.0 Å². The quantitative estimate of drug-likeness (QED) is 0.823. The summed E-state index contributed by atoms with van der Waals surface area (Å²) < 4.78 is 5.39. The molecule has 0 radical (unpaired) electrons. The van der Waals surface area contributed by atoms with Gasteiger partial charge in [0.15, 0.2) is 0 Å². The Hall–Kier alpha value is -2.11. The zero-order valence-electron chi connectivity index (χ0n) is 11.9. The monoisotopic (exact) mass is 290 g/mol. The van der Waals surface area contributed by atoms with Crippen molar-refractivity contribution in [3.63, 3.8) is 0 Å². The van der Waals surface area contributed by atoms with Gasteiger partial charge in [0.2, 0.25) is 11.8 Å². The fourth-order valence-corrected chi connectivity index (χ4v) is 3.46. The third-order valence-corrected chi connectivity index (χ3v) is 4.42. The number of rotatable bonds is 4. The lowest BCUT2D eigenvalue weighted by Gasteiger charge is -2.25. The number of aliphatic carboxylic acids is 1. The van der Waals surface area contributed by atoms with E-state index < -0.39 is 17.8 Å². The molecule has 2 aliphatic carbocycles. The molecule has 0 spiro atoms. The third kappa shape index (κ3) is 2.34. The lowest BCUT2D eigenvalue weighted by atomic mass is 9.82. The summed E-state index contributed by atoms with van der Waals surface area (Å²) in [4.78, 5) is 28.0. The Morgan fingerprint density at radius 1 is 1.38 bits per heavy atom. The van der Waals surface area contributed by atoms with Gasteiger partial charge in [0.25, 0.3) is 0 Å². The maximum Gasteiger partial charge on any atom is 0.307 e. The van der Waals surface area contributed by atoms with E-state index in [1.165, 1.54) is 0 Å². The largest absolute Gasteiger partial charge is 0.481 e. The van der Waals surface area contributed by atoms with Crippen LogP contribution in [0, 0.1) is 30.6 Å². The van der Waals surface area contributed by atoms with Crippen LogP contribution in [0.4, 0.5) is 0 Å². The number of hydrogen-bond acceptors (Lipinski definition) is 4. The number of oxazole rings is 1. The van der Waals surface area contributed by atoms with Crippen molar-refractivity contribution in [3.05, 3.63) is 30.0 Å². The van der Waals surface area contributed by atoms with E-state index >= 15 is 0 Å². The Balaban J connectivity index is 1.73. The summed E-state index contributed by atoms with van der Waals surface area (Å²) in [6, 6.07) is -0.372. The van der Waals surface area contributed by atoms with E-state index in [1.807, 2.05) is 12.2 Å². The van der Waals surface area contributed by atoms with Gasteiger partial charge in [-0.1, -0.05) is 12.2 Å². The van der Waals surface area contributed by atoms with Gasteiger partial charge in [-0.3, -0.25) is 9.59 Å². The number of nitrogens with zero attached hydrogens (tertiary/aromatic N) is 1. The number of hydrogen-bond donors (Lipinski definition) is 2. The number of nitrogens with one attached hydrogen (secondary N) is 1. The molecule has 21 heavy (non-hydrogen) atoms. The van der Waals surface area contributed by atoms with Crippen LogP contribution in [0.25, 0.3) is 0 Å². The van der Waals surface area contributed by atoms with Crippen molar-refractivity contribution in [2.45, 2.75) is 26.3 Å². The Morgan fingerprint density at radius 3 is 2.62 bits per heavy atom. The highest BCUT2D eigenvalue weighted by Gasteiger charge is 2.51. The zero-order chi connectivity index (χ0) is 15.1. The molecule has 5 atom stereocenters. The molecule has 0 aromatic carbocycles. The molecule has 1 amide bonds. The summed E-state index contributed by atoms with van der Waals surface area (Å²) in [5.41, 5.74) is 0. The molecule has 1 aromatic rings. The van der Waals surface area contributed by atoms with Gasteiger partial charge in [0.1, 0.15) is 11.8 Å². The van der Waals surface area contributed by atoms with E-state index in [-0.39, 0.29) is 23.8 Å². The summed E-state index contributed by atoms with van der Waals surface area (Å²) in [5.74, 6) is -1.15. The van der Waals surface area contributed by atoms with E-state index in [1.54, 1.807) is 20.0 Å². The second-order valence-electron chi connectivity index (χ2n) is 5.88. The molecular formula is C15H18N2O4. The van der Waals surface area contributed by atoms with Crippen molar-refractivity contribution >= 4 is 11.9 Å². The van der Waals surface area contributed by atoms with Crippen LogP contribution in [0.3, 0.4) is 0 Å². The lowest BCUT2D eigenvalue weighted by Crippen LogP contribution is -2.41. The van der Waals surface area contributed by atoms with Crippen LogP contribution in [0.2, 0.25) is 0 Å². The average molecular weight is 290 g/mol. The predicted molar refractivity (Wildman–Crippen MR) is 73.2 cm³/mol. The van der Waals surface area contributed by atoms with Crippen molar-refractivity contribution in [1.82, 2.24) is 10.3 Å². The maximum atomic E-state index is 12.5. The number of fused-ring (bicyclic) bond motifs is 2. The van der Waals surface area contributed by atoms with E-state index in [9.17, 15) is 14.7 Å². The van der Waals surface area contributed by atoms with Gasteiger partial charge < -0.3 is 14.8 Å². The molecule has 112 valence electrons. The predicted octanol–water partition coefficient (Wildman–Crippen LogP) is 1.68. The van der Waals surface area contributed by atoms with Crippen LogP contribution in [-0.2, 0) is 9.59 Å². The van der Waals surface area contributed by atoms with Gasteiger partial charge in [0, 0.05) is 0 Å². The molecule has 2 N–H and O–H groups in total. The summed E-state index contributed by atoms with van der Waals surface area (Å²) >= 11 is 0. The molecule has 6 heteroatoms. The zero-order valence-corrected chi connectivity index (χ0v) is 11.9. The number of amides is 1. The molecule has 0 aliphatic heterocycles. The Morgan fingerprint density at radius 2 is 2.05 bits per heavy atom. The topological polar surface area (TPSA) is 92.4 Å². The highest BCUT2D eigenvalue weighted by atomic mass is 16.4. The van der Waals surface area contributed by atoms with Crippen LogP contribution in [0.15, 0.2) is 22.8 Å². The first-order chi connectivity index (χ1) is 9.97. The third-order valence-electron chi connectivity index (χ3n) is 4.42. The van der Waals surface area contributed by atoms with E-state index in [0.717, 1.165) is 6.42 Å². The molecule has 0 saturated heterocycles. The highest BCUT2D eigenvalue weighted by molar-refractivity contribution is 5.87. The van der Waals surface area contributed by atoms with Crippen LogP contribution >= 0.6 is 0 Å². The molecule has 1 heterocycles. The van der Waals surface area contributed by atoms with E-state index in [0.29, 0.717) is 11.7 Å². The molecular weight excluding hydrogens is 272 g/mol. The van der Waals surface area contributed by atoms with E-state index in [2.05, 4.69) is 10.3 Å². The molecule has 6 nitrogen and oxygen atoms in total. The minimum Gasteiger partial charge on any atom is -0.481 e. The van der Waals surface area contributed by atoms with Crippen molar-refractivity contribution < 1.29 is 19.1 Å². The Labute approximate surface area is 122 Å². The number of carboxylic acids is 1. The molecule has 3 rings (SSSR count). The van der Waals surface area contributed by atoms with Gasteiger partial charge in [-0.2, -0.15) is 0 Å². The minimum atomic E-state index is -0.897. The fraction of sp³-hybridized carbons (Fsp3) is 0.533. The first-order valence-electron chi connectivity index (χ1n) is 7.11. The number of aromatic nitrogens is 1. The Kier molecular flexibility index (Phi) is 3.31. The number of carboxylic acid groups (broad SMARTS) is 1. The second-order valence-corrected chi connectivity index (χ2v) is 5.88. The normalized spacial score (nSPS) is 31.3. The smallest absolute Gasteiger partial charge is 0.307 e. The molecule has 1 aromatic heterocycles.